The average molecular weight is 420 g/mol. The molecule has 128 valence electrons. The predicted octanol–water partition coefficient (Wildman–Crippen LogP) is 4.39. The summed E-state index contributed by atoms with van der Waals surface area (Å²) in [4.78, 5) is 15.7. The molecule has 0 unspecified atom stereocenters. The molecule has 24 heavy (non-hydrogen) atoms. The van der Waals surface area contributed by atoms with Gasteiger partial charge in [-0.2, -0.15) is 24.9 Å². The number of aromatic amines is 1. The second-order valence-electron chi connectivity index (χ2n) is 5.05. The van der Waals surface area contributed by atoms with Crippen molar-refractivity contribution >= 4 is 38.9 Å². The molecule has 0 amide bonds. The van der Waals surface area contributed by atoms with E-state index in [4.69, 9.17) is 0 Å². The molecule has 0 aliphatic heterocycles. The molecule has 0 atom stereocenters. The third-order valence-corrected chi connectivity index (χ3v) is 4.73. The van der Waals surface area contributed by atoms with E-state index >= 15 is 0 Å². The van der Waals surface area contributed by atoms with Gasteiger partial charge in [0.05, 0.1) is 11.3 Å². The summed E-state index contributed by atoms with van der Waals surface area (Å²) >= 11 is 5.01. The second kappa shape index (κ2) is 6.40. The summed E-state index contributed by atoms with van der Waals surface area (Å²) in [5.74, 6) is 2.12. The highest BCUT2D eigenvalue weighted by molar-refractivity contribution is 9.10. The molecule has 5 nitrogen and oxygen atoms in total. The first-order valence-corrected chi connectivity index (χ1v) is 8.98. The number of rotatable bonds is 4. The molecule has 1 N–H and O–H groups in total. The van der Waals surface area contributed by atoms with Gasteiger partial charge in [0.25, 0.3) is 0 Å². The third kappa shape index (κ3) is 3.16. The van der Waals surface area contributed by atoms with Gasteiger partial charge in [-0.05, 0) is 27.7 Å². The van der Waals surface area contributed by atoms with Crippen LogP contribution in [0, 0.1) is 0 Å². The van der Waals surface area contributed by atoms with Crippen molar-refractivity contribution in [1.29, 1.82) is 0 Å². The number of fused-ring (bicyclic) bond motifs is 1. The fourth-order valence-electron chi connectivity index (χ4n) is 2.31. The lowest BCUT2D eigenvalue weighted by Crippen LogP contribution is -2.05. The van der Waals surface area contributed by atoms with Crippen molar-refractivity contribution in [2.24, 2.45) is 7.05 Å². The molecular weight excluding hydrogens is 407 g/mol. The summed E-state index contributed by atoms with van der Waals surface area (Å²) in [6.07, 6.45) is -3.63. The van der Waals surface area contributed by atoms with Crippen LogP contribution in [0.4, 0.5) is 13.2 Å². The van der Waals surface area contributed by atoms with Crippen LogP contribution >= 0.6 is 27.7 Å². The number of nitrogens with zero attached hydrogens (tertiary/aromatic N) is 4. The Morgan fingerprint density at radius 1 is 1.33 bits per heavy atom. The molecule has 0 aliphatic rings. The minimum Gasteiger partial charge on any atom is -0.335 e. The number of hydrogen-bond donors (Lipinski definition) is 1. The van der Waals surface area contributed by atoms with E-state index in [9.17, 15) is 13.2 Å². The zero-order chi connectivity index (χ0) is 17.5. The smallest absolute Gasteiger partial charge is 0.335 e. The Bertz CT molecular complexity index is 887. The number of thioether (sulfide) groups is 1. The van der Waals surface area contributed by atoms with Crippen LogP contribution in [0.25, 0.3) is 22.7 Å². The first-order chi connectivity index (χ1) is 11.3. The maximum absolute atomic E-state index is 12.9. The van der Waals surface area contributed by atoms with Gasteiger partial charge in [0.2, 0.25) is 0 Å². The van der Waals surface area contributed by atoms with Crippen molar-refractivity contribution in [2.45, 2.75) is 18.9 Å². The number of alkyl halides is 3. The zero-order valence-corrected chi connectivity index (χ0v) is 15.2. The number of aryl methyl sites for hydroxylation is 1. The highest BCUT2D eigenvalue weighted by atomic mass is 79.9. The van der Waals surface area contributed by atoms with Gasteiger partial charge in [-0.1, -0.05) is 6.92 Å². The van der Waals surface area contributed by atoms with E-state index in [-0.39, 0.29) is 5.52 Å². The molecule has 0 bridgehead atoms. The number of pyridine rings is 1. The number of aromatic nitrogens is 5. The van der Waals surface area contributed by atoms with E-state index in [1.165, 1.54) is 0 Å². The van der Waals surface area contributed by atoms with Gasteiger partial charge in [-0.25, -0.2) is 15.0 Å². The minimum absolute atomic E-state index is 0.190. The molecule has 0 spiro atoms. The highest BCUT2D eigenvalue weighted by Crippen LogP contribution is 2.32. The molecular formula is C14H13BrF3N5S. The lowest BCUT2D eigenvalue weighted by molar-refractivity contribution is -0.137. The minimum atomic E-state index is -4.45. The zero-order valence-electron chi connectivity index (χ0n) is 12.8. The van der Waals surface area contributed by atoms with Gasteiger partial charge in [0.15, 0.2) is 16.2 Å². The van der Waals surface area contributed by atoms with Crippen LogP contribution in [-0.2, 0) is 19.0 Å². The molecule has 0 radical (unpaired) electrons. The summed E-state index contributed by atoms with van der Waals surface area (Å²) in [7, 11) is 1.71. The number of H-pyrrole nitrogens is 1. The fraction of sp³-hybridized carbons (Fsp3) is 0.357. The second-order valence-corrected chi connectivity index (χ2v) is 7.08. The Morgan fingerprint density at radius 3 is 2.75 bits per heavy atom. The van der Waals surface area contributed by atoms with Crippen molar-refractivity contribution in [3.8, 4) is 11.5 Å². The molecule has 3 aromatic heterocycles. The van der Waals surface area contributed by atoms with Crippen molar-refractivity contribution in [1.82, 2.24) is 24.5 Å². The number of hydrogen-bond acceptors (Lipinski definition) is 4. The Morgan fingerprint density at radius 2 is 2.08 bits per heavy atom. The van der Waals surface area contributed by atoms with Gasteiger partial charge < -0.3 is 9.55 Å². The number of nitrogens with one attached hydrogen (secondary N) is 1. The Kier molecular flexibility index (Phi) is 4.60. The fourth-order valence-corrected chi connectivity index (χ4v) is 3.35. The average Bonchev–Trinajstić information content (AvgIpc) is 3.04. The summed E-state index contributed by atoms with van der Waals surface area (Å²) in [6, 6.07) is 1.01. The Labute approximate surface area is 148 Å². The molecule has 0 saturated carbocycles. The van der Waals surface area contributed by atoms with E-state index in [0.29, 0.717) is 27.7 Å². The quantitative estimate of drug-likeness (QED) is 0.680. The monoisotopic (exact) mass is 419 g/mol. The molecule has 10 heteroatoms. The number of halogens is 4. The van der Waals surface area contributed by atoms with Crippen molar-refractivity contribution in [3.63, 3.8) is 0 Å². The summed E-state index contributed by atoms with van der Waals surface area (Å²) < 4.78 is 40.8. The van der Waals surface area contributed by atoms with Crippen molar-refractivity contribution in [2.75, 3.05) is 5.75 Å². The van der Waals surface area contributed by atoms with Crippen LogP contribution in [0.5, 0.6) is 0 Å². The van der Waals surface area contributed by atoms with Crippen LogP contribution < -0.4 is 0 Å². The summed E-state index contributed by atoms with van der Waals surface area (Å²) in [5.41, 5.74) is 1.23. The Hall–Kier alpha value is -1.55. The van der Waals surface area contributed by atoms with Crippen LogP contribution in [0.1, 0.15) is 18.2 Å². The van der Waals surface area contributed by atoms with Gasteiger partial charge in [0.1, 0.15) is 11.2 Å². The van der Waals surface area contributed by atoms with Gasteiger partial charge in [-0.15, -0.1) is 0 Å². The first-order valence-electron chi connectivity index (χ1n) is 7.03. The van der Waals surface area contributed by atoms with Gasteiger partial charge >= 0.3 is 6.18 Å². The molecule has 0 aromatic carbocycles. The van der Waals surface area contributed by atoms with Gasteiger partial charge in [-0.3, -0.25) is 0 Å². The van der Waals surface area contributed by atoms with Gasteiger partial charge in [0, 0.05) is 19.0 Å². The van der Waals surface area contributed by atoms with Crippen molar-refractivity contribution < 1.29 is 13.2 Å². The standard InChI is InChI=1S/C14H13BrF3N5S/c1-3-24-6-9-10(22-13(15)21-9)12-20-8-4-7(14(16,17)18)5-19-11(8)23(12)2/h4-5H,3,6H2,1-2H3,(H,21,22). The normalized spacial score (nSPS) is 12.2. The molecule has 0 aliphatic carbocycles. The molecule has 3 rings (SSSR count). The maximum atomic E-state index is 12.9. The molecule has 0 fully saturated rings. The molecule has 3 aromatic rings. The first kappa shape index (κ1) is 17.3. The molecule has 0 saturated heterocycles. The molecule has 3 heterocycles. The van der Waals surface area contributed by atoms with Crippen LogP contribution in [0.15, 0.2) is 17.0 Å². The number of imidazole rings is 2. The van der Waals surface area contributed by atoms with E-state index in [0.717, 1.165) is 23.7 Å². The Balaban J connectivity index is 2.12. The SMILES string of the molecule is CCSCc1[nH]c(Br)nc1-c1nc2cc(C(F)(F)F)cnc2n1C. The highest BCUT2D eigenvalue weighted by Gasteiger charge is 2.32. The summed E-state index contributed by atoms with van der Waals surface area (Å²) in [6.45, 7) is 2.05. The maximum Gasteiger partial charge on any atom is 0.417 e. The van der Waals surface area contributed by atoms with Crippen molar-refractivity contribution in [3.05, 3.63) is 28.3 Å². The van der Waals surface area contributed by atoms with Crippen LogP contribution in [0.3, 0.4) is 0 Å². The van der Waals surface area contributed by atoms with E-state index in [2.05, 4.69) is 35.9 Å². The van der Waals surface area contributed by atoms with E-state index in [1.54, 1.807) is 23.4 Å². The topological polar surface area (TPSA) is 59.4 Å². The predicted molar refractivity (Wildman–Crippen MR) is 90.6 cm³/mol. The van der Waals surface area contributed by atoms with Crippen LogP contribution in [-0.4, -0.2) is 30.3 Å². The van der Waals surface area contributed by atoms with Crippen LogP contribution in [0.2, 0.25) is 0 Å². The third-order valence-electron chi connectivity index (χ3n) is 3.45. The van der Waals surface area contributed by atoms with E-state index in [1.807, 2.05) is 6.92 Å². The lowest BCUT2D eigenvalue weighted by Gasteiger charge is -2.05. The van der Waals surface area contributed by atoms with E-state index < -0.39 is 11.7 Å². The largest absolute Gasteiger partial charge is 0.417 e. The summed E-state index contributed by atoms with van der Waals surface area (Å²) in [5, 5.41) is 0. The lowest BCUT2D eigenvalue weighted by atomic mass is 10.2.